The molecule has 0 aliphatic carbocycles. The average molecular weight is 180 g/mol. The summed E-state index contributed by atoms with van der Waals surface area (Å²) in [4.78, 5) is 8.72. The van der Waals surface area contributed by atoms with Gasteiger partial charge >= 0.3 is 7.60 Å². The van der Waals surface area contributed by atoms with Crippen LogP contribution in [-0.4, -0.2) is 18.2 Å². The zero-order valence-electron chi connectivity index (χ0n) is 7.41. The monoisotopic (exact) mass is 180 g/mol. The van der Waals surface area contributed by atoms with E-state index >= 15 is 0 Å². The van der Waals surface area contributed by atoms with Gasteiger partial charge < -0.3 is 9.42 Å². The Bertz CT molecular complexity index is 139. The second-order valence-electron chi connectivity index (χ2n) is 3.17. The Morgan fingerprint density at radius 1 is 1.55 bits per heavy atom. The summed E-state index contributed by atoms with van der Waals surface area (Å²) in [6.07, 6.45) is 1.90. The van der Waals surface area contributed by atoms with Crippen LogP contribution >= 0.6 is 7.60 Å². The molecule has 0 saturated carbocycles. The Hall–Kier alpha value is 0.150. The molecule has 1 N–H and O–H groups in total. The van der Waals surface area contributed by atoms with Crippen molar-refractivity contribution in [3.8, 4) is 0 Å². The van der Waals surface area contributed by atoms with Crippen LogP contribution in [-0.2, 0) is 9.09 Å². The molecule has 0 rings (SSSR count). The Kier molecular flexibility index (Phi) is 4.98. The summed E-state index contributed by atoms with van der Waals surface area (Å²) in [5, 5.41) is 0. The van der Waals surface area contributed by atoms with Crippen LogP contribution < -0.4 is 0 Å². The summed E-state index contributed by atoms with van der Waals surface area (Å²) in [6, 6.07) is 0. The van der Waals surface area contributed by atoms with E-state index < -0.39 is 7.60 Å². The summed E-state index contributed by atoms with van der Waals surface area (Å²) >= 11 is 0. The molecule has 0 fully saturated rings. The van der Waals surface area contributed by atoms with E-state index in [1.165, 1.54) is 6.66 Å². The normalized spacial score (nSPS) is 16.8. The lowest BCUT2D eigenvalue weighted by Gasteiger charge is -2.07. The van der Waals surface area contributed by atoms with Crippen molar-refractivity contribution in [2.75, 3.05) is 13.3 Å². The molecular formula is C7H17O3P. The van der Waals surface area contributed by atoms with E-state index in [0.717, 1.165) is 12.8 Å². The van der Waals surface area contributed by atoms with Crippen molar-refractivity contribution >= 4 is 7.60 Å². The largest absolute Gasteiger partial charge is 0.325 e. The van der Waals surface area contributed by atoms with Gasteiger partial charge in [0, 0.05) is 6.66 Å². The van der Waals surface area contributed by atoms with Gasteiger partial charge in [0.1, 0.15) is 0 Å². The van der Waals surface area contributed by atoms with Crippen molar-refractivity contribution < 1.29 is 14.0 Å². The van der Waals surface area contributed by atoms with E-state index in [1.54, 1.807) is 0 Å². The summed E-state index contributed by atoms with van der Waals surface area (Å²) in [7, 11) is -3.23. The van der Waals surface area contributed by atoms with Gasteiger partial charge in [0.15, 0.2) is 0 Å². The number of hydrogen-bond acceptors (Lipinski definition) is 2. The summed E-state index contributed by atoms with van der Waals surface area (Å²) in [6.45, 7) is 5.83. The Balaban J connectivity index is 3.22. The van der Waals surface area contributed by atoms with Crippen molar-refractivity contribution in [2.24, 2.45) is 5.92 Å². The van der Waals surface area contributed by atoms with Crippen LogP contribution in [0, 0.1) is 5.92 Å². The van der Waals surface area contributed by atoms with Crippen molar-refractivity contribution in [3.05, 3.63) is 0 Å². The minimum absolute atomic E-state index is 0.391. The van der Waals surface area contributed by atoms with E-state index in [4.69, 9.17) is 9.42 Å². The van der Waals surface area contributed by atoms with Crippen molar-refractivity contribution in [3.63, 3.8) is 0 Å². The van der Waals surface area contributed by atoms with Crippen LogP contribution in [0.1, 0.15) is 26.7 Å². The molecule has 1 unspecified atom stereocenters. The first-order valence-corrected chi connectivity index (χ1v) is 5.89. The summed E-state index contributed by atoms with van der Waals surface area (Å²) < 4.78 is 15.3. The van der Waals surface area contributed by atoms with Gasteiger partial charge in [-0.05, 0) is 18.8 Å². The van der Waals surface area contributed by atoms with Gasteiger partial charge in [0.2, 0.25) is 0 Å². The van der Waals surface area contributed by atoms with Crippen LogP contribution in [0.25, 0.3) is 0 Å². The lowest BCUT2D eigenvalue weighted by molar-refractivity contribution is 0.253. The molecular weight excluding hydrogens is 163 g/mol. The predicted octanol–water partition coefficient (Wildman–Crippen LogP) is 2.25. The maximum absolute atomic E-state index is 10.6. The zero-order chi connectivity index (χ0) is 8.91. The van der Waals surface area contributed by atoms with Crippen molar-refractivity contribution in [1.82, 2.24) is 0 Å². The standard InChI is InChI=1S/C7H17O3P/c1-7(2)5-4-6-10-11(3,8)9/h7H,4-6H2,1-3H3,(H,8,9). The molecule has 4 heteroatoms. The van der Waals surface area contributed by atoms with Crippen molar-refractivity contribution in [1.29, 1.82) is 0 Å². The highest BCUT2D eigenvalue weighted by atomic mass is 31.2. The lowest BCUT2D eigenvalue weighted by Crippen LogP contribution is -1.94. The predicted molar refractivity (Wildman–Crippen MR) is 45.8 cm³/mol. The fourth-order valence-corrected chi connectivity index (χ4v) is 1.19. The smallest absolute Gasteiger partial charge is 0.324 e. The Labute approximate surface area is 68.3 Å². The average Bonchev–Trinajstić information content (AvgIpc) is 1.78. The Morgan fingerprint density at radius 3 is 2.45 bits per heavy atom. The highest BCUT2D eigenvalue weighted by Crippen LogP contribution is 2.36. The van der Waals surface area contributed by atoms with Gasteiger partial charge in [-0.1, -0.05) is 13.8 Å². The number of rotatable bonds is 5. The minimum Gasteiger partial charge on any atom is -0.324 e. The molecule has 1 atom stereocenters. The van der Waals surface area contributed by atoms with Crippen LogP contribution in [0.5, 0.6) is 0 Å². The van der Waals surface area contributed by atoms with E-state index in [-0.39, 0.29) is 0 Å². The number of hydrogen-bond donors (Lipinski definition) is 1. The summed E-state index contributed by atoms with van der Waals surface area (Å²) in [5.74, 6) is 0.633. The van der Waals surface area contributed by atoms with Gasteiger partial charge in [-0.2, -0.15) is 0 Å². The lowest BCUT2D eigenvalue weighted by atomic mass is 10.1. The minimum atomic E-state index is -3.23. The molecule has 0 spiro atoms. The molecule has 0 aromatic carbocycles. The van der Waals surface area contributed by atoms with Gasteiger partial charge in [0.05, 0.1) is 6.61 Å². The molecule has 0 radical (unpaired) electrons. The zero-order valence-corrected chi connectivity index (χ0v) is 8.30. The SMILES string of the molecule is CC(C)CCCOP(C)(=O)O. The van der Waals surface area contributed by atoms with Crippen LogP contribution in [0.15, 0.2) is 0 Å². The molecule has 0 aromatic rings. The van der Waals surface area contributed by atoms with Gasteiger partial charge in [-0.3, -0.25) is 4.57 Å². The molecule has 0 aliphatic rings. The van der Waals surface area contributed by atoms with E-state index in [9.17, 15) is 4.57 Å². The molecule has 0 aromatic heterocycles. The molecule has 0 amide bonds. The maximum Gasteiger partial charge on any atom is 0.325 e. The topological polar surface area (TPSA) is 46.5 Å². The van der Waals surface area contributed by atoms with E-state index in [2.05, 4.69) is 13.8 Å². The second-order valence-corrected chi connectivity index (χ2v) is 5.04. The first-order chi connectivity index (χ1) is 4.92. The highest BCUT2D eigenvalue weighted by molar-refractivity contribution is 7.51. The van der Waals surface area contributed by atoms with Crippen molar-refractivity contribution in [2.45, 2.75) is 26.7 Å². The third-order valence-electron chi connectivity index (χ3n) is 1.26. The van der Waals surface area contributed by atoms with Crippen LogP contribution in [0.2, 0.25) is 0 Å². The molecule has 0 saturated heterocycles. The van der Waals surface area contributed by atoms with E-state index in [1.807, 2.05) is 0 Å². The highest BCUT2D eigenvalue weighted by Gasteiger charge is 2.08. The van der Waals surface area contributed by atoms with Crippen LogP contribution in [0.3, 0.4) is 0 Å². The van der Waals surface area contributed by atoms with Gasteiger partial charge in [0.25, 0.3) is 0 Å². The molecule has 68 valence electrons. The van der Waals surface area contributed by atoms with E-state index in [0.29, 0.717) is 12.5 Å². The first kappa shape index (κ1) is 11.2. The fourth-order valence-electron chi connectivity index (χ4n) is 0.726. The maximum atomic E-state index is 10.6. The van der Waals surface area contributed by atoms with Gasteiger partial charge in [-0.15, -0.1) is 0 Å². The third-order valence-corrected chi connectivity index (χ3v) is 1.92. The summed E-state index contributed by atoms with van der Waals surface area (Å²) in [5.41, 5.74) is 0. The third kappa shape index (κ3) is 10.2. The van der Waals surface area contributed by atoms with Gasteiger partial charge in [-0.25, -0.2) is 0 Å². The fraction of sp³-hybridized carbons (Fsp3) is 1.00. The molecule has 11 heavy (non-hydrogen) atoms. The molecule has 0 aliphatic heterocycles. The second kappa shape index (κ2) is 4.91. The quantitative estimate of drug-likeness (QED) is 0.521. The molecule has 0 heterocycles. The van der Waals surface area contributed by atoms with Crippen LogP contribution in [0.4, 0.5) is 0 Å². The first-order valence-electron chi connectivity index (χ1n) is 3.86. The Morgan fingerprint density at radius 2 is 2.09 bits per heavy atom. The molecule has 3 nitrogen and oxygen atoms in total. The molecule has 0 bridgehead atoms.